The third-order valence-electron chi connectivity index (χ3n) is 3.29. The van der Waals surface area contributed by atoms with Gasteiger partial charge >= 0.3 is 0 Å². The number of hydrogen-bond acceptors (Lipinski definition) is 4. The lowest BCUT2D eigenvalue weighted by Gasteiger charge is -2.20. The van der Waals surface area contributed by atoms with Crippen LogP contribution in [0.25, 0.3) is 0 Å². The Morgan fingerprint density at radius 2 is 2.53 bits per heavy atom. The summed E-state index contributed by atoms with van der Waals surface area (Å²) in [7, 11) is 1.95. The monoisotopic (exact) mass is 238 g/mol. The summed E-state index contributed by atoms with van der Waals surface area (Å²) in [5.41, 5.74) is 0. The Morgan fingerprint density at radius 1 is 1.65 bits per heavy atom. The molecule has 0 bridgehead atoms. The van der Waals surface area contributed by atoms with Crippen LogP contribution in [-0.4, -0.2) is 34.5 Å². The molecule has 1 aromatic rings. The van der Waals surface area contributed by atoms with Gasteiger partial charge in [0.2, 0.25) is 0 Å². The van der Waals surface area contributed by atoms with Crippen LogP contribution in [0.3, 0.4) is 0 Å². The van der Waals surface area contributed by atoms with Gasteiger partial charge in [-0.25, -0.2) is 4.98 Å². The minimum Gasteiger partial charge on any atom is -0.381 e. The summed E-state index contributed by atoms with van der Waals surface area (Å²) < 4.78 is 7.30. The molecule has 1 N–H and O–H groups in total. The standard InChI is InChI=1S/C12H22N4O/c1-3-5-13-11(7-10-4-6-17-8-10)12-14-9-15-16(12)2/h9-11,13H,3-8H2,1-2H3. The van der Waals surface area contributed by atoms with Crippen LogP contribution >= 0.6 is 0 Å². The molecule has 2 unspecified atom stereocenters. The van der Waals surface area contributed by atoms with E-state index in [0.717, 1.165) is 38.4 Å². The maximum atomic E-state index is 5.44. The molecule has 0 aliphatic carbocycles. The quantitative estimate of drug-likeness (QED) is 0.811. The van der Waals surface area contributed by atoms with Crippen molar-refractivity contribution in [1.29, 1.82) is 0 Å². The first-order valence-electron chi connectivity index (χ1n) is 6.46. The molecule has 0 aromatic carbocycles. The topological polar surface area (TPSA) is 52.0 Å². The zero-order chi connectivity index (χ0) is 12.1. The van der Waals surface area contributed by atoms with Crippen LogP contribution in [0.5, 0.6) is 0 Å². The minimum atomic E-state index is 0.300. The summed E-state index contributed by atoms with van der Waals surface area (Å²) in [4.78, 5) is 4.36. The van der Waals surface area contributed by atoms with Gasteiger partial charge in [-0.15, -0.1) is 0 Å². The molecule has 0 amide bonds. The van der Waals surface area contributed by atoms with E-state index in [0.29, 0.717) is 12.0 Å². The molecule has 1 fully saturated rings. The van der Waals surface area contributed by atoms with Gasteiger partial charge in [-0.05, 0) is 31.7 Å². The van der Waals surface area contributed by atoms with Gasteiger partial charge in [-0.1, -0.05) is 6.92 Å². The Kier molecular flexibility index (Phi) is 4.50. The van der Waals surface area contributed by atoms with Crippen molar-refractivity contribution in [1.82, 2.24) is 20.1 Å². The minimum absolute atomic E-state index is 0.300. The third-order valence-corrected chi connectivity index (χ3v) is 3.29. The Hall–Kier alpha value is -0.940. The van der Waals surface area contributed by atoms with Crippen LogP contribution in [0.4, 0.5) is 0 Å². The highest BCUT2D eigenvalue weighted by Gasteiger charge is 2.23. The number of aryl methyl sites for hydroxylation is 1. The Morgan fingerprint density at radius 3 is 3.12 bits per heavy atom. The fraction of sp³-hybridized carbons (Fsp3) is 0.833. The number of rotatable bonds is 6. The second-order valence-corrected chi connectivity index (χ2v) is 4.71. The fourth-order valence-corrected chi connectivity index (χ4v) is 2.32. The fourth-order valence-electron chi connectivity index (χ4n) is 2.32. The van der Waals surface area contributed by atoms with Gasteiger partial charge in [0.15, 0.2) is 0 Å². The number of nitrogens with zero attached hydrogens (tertiary/aromatic N) is 3. The molecule has 1 aromatic heterocycles. The zero-order valence-electron chi connectivity index (χ0n) is 10.7. The SMILES string of the molecule is CCCNC(CC1CCOC1)c1ncnn1C. The molecule has 2 rings (SSSR count). The van der Waals surface area contributed by atoms with Gasteiger partial charge in [-0.2, -0.15) is 5.10 Å². The molecule has 1 aliphatic rings. The molecule has 2 atom stereocenters. The molecule has 5 nitrogen and oxygen atoms in total. The van der Waals surface area contributed by atoms with Crippen molar-refractivity contribution >= 4 is 0 Å². The second kappa shape index (κ2) is 6.12. The number of ether oxygens (including phenoxy) is 1. The van der Waals surface area contributed by atoms with E-state index in [1.54, 1.807) is 6.33 Å². The first-order valence-corrected chi connectivity index (χ1v) is 6.46. The summed E-state index contributed by atoms with van der Waals surface area (Å²) in [5, 5.41) is 7.72. The van der Waals surface area contributed by atoms with Crippen LogP contribution in [0.2, 0.25) is 0 Å². The van der Waals surface area contributed by atoms with Crippen molar-refractivity contribution in [3.63, 3.8) is 0 Å². The van der Waals surface area contributed by atoms with Crippen LogP contribution in [0, 0.1) is 5.92 Å². The van der Waals surface area contributed by atoms with Gasteiger partial charge in [0.1, 0.15) is 12.2 Å². The first-order chi connectivity index (χ1) is 8.31. The number of hydrogen-bond donors (Lipinski definition) is 1. The number of nitrogens with one attached hydrogen (secondary N) is 1. The van der Waals surface area contributed by atoms with Gasteiger partial charge in [0.25, 0.3) is 0 Å². The van der Waals surface area contributed by atoms with Crippen LogP contribution in [-0.2, 0) is 11.8 Å². The maximum Gasteiger partial charge on any atom is 0.143 e. The van der Waals surface area contributed by atoms with Gasteiger partial charge < -0.3 is 10.1 Å². The highest BCUT2D eigenvalue weighted by Crippen LogP contribution is 2.25. The van der Waals surface area contributed by atoms with E-state index < -0.39 is 0 Å². The lowest BCUT2D eigenvalue weighted by molar-refractivity contribution is 0.181. The smallest absolute Gasteiger partial charge is 0.143 e. The zero-order valence-corrected chi connectivity index (χ0v) is 10.7. The van der Waals surface area contributed by atoms with Crippen molar-refractivity contribution in [2.75, 3.05) is 19.8 Å². The third kappa shape index (κ3) is 3.26. The molecule has 1 aliphatic heterocycles. The summed E-state index contributed by atoms with van der Waals surface area (Å²) in [6, 6.07) is 0.300. The van der Waals surface area contributed by atoms with E-state index >= 15 is 0 Å². The summed E-state index contributed by atoms with van der Waals surface area (Å²) in [5.74, 6) is 1.69. The van der Waals surface area contributed by atoms with E-state index in [1.165, 1.54) is 6.42 Å². The molecular weight excluding hydrogens is 216 g/mol. The molecule has 1 saturated heterocycles. The molecule has 17 heavy (non-hydrogen) atoms. The molecule has 96 valence electrons. The molecule has 0 spiro atoms. The van der Waals surface area contributed by atoms with Crippen LogP contribution in [0.1, 0.15) is 38.1 Å². The van der Waals surface area contributed by atoms with E-state index in [9.17, 15) is 0 Å². The highest BCUT2D eigenvalue weighted by atomic mass is 16.5. The van der Waals surface area contributed by atoms with E-state index in [4.69, 9.17) is 4.74 Å². The molecule has 5 heteroatoms. The van der Waals surface area contributed by atoms with Gasteiger partial charge in [0, 0.05) is 20.3 Å². The normalized spacial score (nSPS) is 21.9. The summed E-state index contributed by atoms with van der Waals surface area (Å²) in [6.07, 6.45) is 5.02. The Labute approximate surface area is 103 Å². The second-order valence-electron chi connectivity index (χ2n) is 4.71. The van der Waals surface area contributed by atoms with Crippen molar-refractivity contribution in [2.45, 2.75) is 32.2 Å². The molecule has 2 heterocycles. The van der Waals surface area contributed by atoms with E-state index in [-0.39, 0.29) is 0 Å². The van der Waals surface area contributed by atoms with Crippen molar-refractivity contribution < 1.29 is 4.74 Å². The summed E-state index contributed by atoms with van der Waals surface area (Å²) in [6.45, 7) is 5.00. The number of aromatic nitrogens is 3. The average Bonchev–Trinajstić information content (AvgIpc) is 2.95. The Bertz CT molecular complexity index is 333. The first kappa shape index (κ1) is 12.5. The highest BCUT2D eigenvalue weighted by molar-refractivity contribution is 4.95. The predicted molar refractivity (Wildman–Crippen MR) is 65.6 cm³/mol. The Balaban J connectivity index is 1.99. The predicted octanol–water partition coefficient (Wildman–Crippen LogP) is 1.28. The van der Waals surface area contributed by atoms with Crippen molar-refractivity contribution in [3.05, 3.63) is 12.2 Å². The van der Waals surface area contributed by atoms with E-state index in [1.807, 2.05) is 11.7 Å². The van der Waals surface area contributed by atoms with Crippen LogP contribution < -0.4 is 5.32 Å². The average molecular weight is 238 g/mol. The lowest BCUT2D eigenvalue weighted by atomic mass is 9.98. The van der Waals surface area contributed by atoms with Gasteiger partial charge in [-0.3, -0.25) is 4.68 Å². The van der Waals surface area contributed by atoms with Gasteiger partial charge in [0.05, 0.1) is 6.04 Å². The van der Waals surface area contributed by atoms with Crippen LogP contribution in [0.15, 0.2) is 6.33 Å². The van der Waals surface area contributed by atoms with E-state index in [2.05, 4.69) is 22.3 Å². The lowest BCUT2D eigenvalue weighted by Crippen LogP contribution is -2.27. The molecular formula is C12H22N4O. The summed E-state index contributed by atoms with van der Waals surface area (Å²) >= 11 is 0. The molecule has 0 saturated carbocycles. The maximum absolute atomic E-state index is 5.44. The van der Waals surface area contributed by atoms with Crippen molar-refractivity contribution in [3.8, 4) is 0 Å². The van der Waals surface area contributed by atoms with Crippen molar-refractivity contribution in [2.24, 2.45) is 13.0 Å². The largest absolute Gasteiger partial charge is 0.381 e. The molecule has 0 radical (unpaired) electrons.